The molecule has 2 atom stereocenters. The van der Waals surface area contributed by atoms with E-state index in [2.05, 4.69) is 5.32 Å². The molecule has 1 aliphatic heterocycles. The Hall–Kier alpha value is -0.0400. The molecule has 1 N–H and O–H groups in total. The molecule has 0 amide bonds. The summed E-state index contributed by atoms with van der Waals surface area (Å²) in [4.78, 5) is 0. The van der Waals surface area contributed by atoms with Crippen LogP contribution in [0.25, 0.3) is 0 Å². The highest BCUT2D eigenvalue weighted by Gasteiger charge is 2.22. The molecular formula is C10H19N. The van der Waals surface area contributed by atoms with Crippen LogP contribution in [0.5, 0.6) is 0 Å². The standard InChI is InChI=1S/C10H19N/c1-2-9-4-6-11-7-5-10(3-1)8-9/h9-11H,1-8H2. The largest absolute Gasteiger partial charge is 0.317 e. The van der Waals surface area contributed by atoms with Gasteiger partial charge in [0, 0.05) is 0 Å². The lowest BCUT2D eigenvalue weighted by atomic mass is 9.78. The fourth-order valence-electron chi connectivity index (χ4n) is 2.66. The highest BCUT2D eigenvalue weighted by molar-refractivity contribution is 4.76. The average molecular weight is 153 g/mol. The van der Waals surface area contributed by atoms with Gasteiger partial charge in [-0.2, -0.15) is 0 Å². The predicted octanol–water partition coefficient (Wildman–Crippen LogP) is 2.18. The highest BCUT2D eigenvalue weighted by Crippen LogP contribution is 2.33. The second-order valence-corrected chi connectivity index (χ2v) is 4.23. The summed E-state index contributed by atoms with van der Waals surface area (Å²) in [5.74, 6) is 2.14. The molecule has 0 aromatic heterocycles. The van der Waals surface area contributed by atoms with Crippen LogP contribution in [-0.2, 0) is 0 Å². The minimum absolute atomic E-state index is 1.07. The van der Waals surface area contributed by atoms with Crippen molar-refractivity contribution in [3.05, 3.63) is 0 Å². The molecule has 1 saturated carbocycles. The first-order valence-corrected chi connectivity index (χ1v) is 5.16. The molecule has 11 heavy (non-hydrogen) atoms. The molecule has 2 aliphatic rings. The quantitative estimate of drug-likeness (QED) is 0.562. The molecule has 1 heteroatoms. The minimum atomic E-state index is 1.07. The van der Waals surface area contributed by atoms with Gasteiger partial charge < -0.3 is 5.32 Å². The zero-order valence-electron chi connectivity index (χ0n) is 7.31. The molecule has 0 aromatic carbocycles. The Balaban J connectivity index is 1.90. The van der Waals surface area contributed by atoms with E-state index < -0.39 is 0 Å². The van der Waals surface area contributed by atoms with Gasteiger partial charge in [-0.3, -0.25) is 0 Å². The topological polar surface area (TPSA) is 12.0 Å². The summed E-state index contributed by atoms with van der Waals surface area (Å²) in [6, 6.07) is 0. The van der Waals surface area contributed by atoms with Crippen molar-refractivity contribution in [3.8, 4) is 0 Å². The van der Waals surface area contributed by atoms with Crippen LogP contribution < -0.4 is 5.32 Å². The predicted molar refractivity (Wildman–Crippen MR) is 47.6 cm³/mol. The summed E-state index contributed by atoms with van der Waals surface area (Å²) < 4.78 is 0. The van der Waals surface area contributed by atoms with Gasteiger partial charge in [-0.15, -0.1) is 0 Å². The van der Waals surface area contributed by atoms with Crippen LogP contribution in [0.3, 0.4) is 0 Å². The Bertz CT molecular complexity index is 110. The van der Waals surface area contributed by atoms with Crippen molar-refractivity contribution in [1.29, 1.82) is 0 Å². The number of rotatable bonds is 0. The van der Waals surface area contributed by atoms with Gasteiger partial charge in [-0.25, -0.2) is 0 Å². The molecule has 2 fully saturated rings. The first kappa shape index (κ1) is 7.60. The maximum atomic E-state index is 3.52. The maximum Gasteiger partial charge on any atom is -0.00463 e. The number of fused-ring (bicyclic) bond motifs is 2. The first-order valence-electron chi connectivity index (χ1n) is 5.16. The Kier molecular flexibility index (Phi) is 2.47. The third kappa shape index (κ3) is 1.96. The molecule has 2 rings (SSSR count). The maximum absolute atomic E-state index is 3.52. The Morgan fingerprint density at radius 3 is 2.09 bits per heavy atom. The fraction of sp³-hybridized carbons (Fsp3) is 1.00. The highest BCUT2D eigenvalue weighted by atomic mass is 14.8. The molecule has 1 aliphatic carbocycles. The molecule has 1 nitrogen and oxygen atoms in total. The van der Waals surface area contributed by atoms with Gasteiger partial charge in [0.2, 0.25) is 0 Å². The van der Waals surface area contributed by atoms with E-state index in [1.165, 1.54) is 45.2 Å². The van der Waals surface area contributed by atoms with Gasteiger partial charge in [0.25, 0.3) is 0 Å². The summed E-state index contributed by atoms with van der Waals surface area (Å²) >= 11 is 0. The van der Waals surface area contributed by atoms with Crippen molar-refractivity contribution in [2.24, 2.45) is 11.8 Å². The molecule has 0 aromatic rings. The summed E-state index contributed by atoms with van der Waals surface area (Å²) in [6.07, 6.45) is 8.96. The van der Waals surface area contributed by atoms with Crippen LogP contribution in [0.4, 0.5) is 0 Å². The Morgan fingerprint density at radius 1 is 0.818 bits per heavy atom. The van der Waals surface area contributed by atoms with E-state index in [1.807, 2.05) is 0 Å². The second-order valence-electron chi connectivity index (χ2n) is 4.23. The number of hydrogen-bond acceptors (Lipinski definition) is 1. The van der Waals surface area contributed by atoms with E-state index in [9.17, 15) is 0 Å². The third-order valence-electron chi connectivity index (χ3n) is 3.35. The van der Waals surface area contributed by atoms with Crippen molar-refractivity contribution < 1.29 is 0 Å². The summed E-state index contributed by atoms with van der Waals surface area (Å²) in [5.41, 5.74) is 0. The van der Waals surface area contributed by atoms with E-state index in [0.29, 0.717) is 0 Å². The summed E-state index contributed by atoms with van der Waals surface area (Å²) in [5, 5.41) is 3.52. The first-order chi connectivity index (χ1) is 5.45. The normalized spacial score (nSPS) is 39.3. The van der Waals surface area contributed by atoms with Gasteiger partial charge in [0.05, 0.1) is 0 Å². The van der Waals surface area contributed by atoms with Gasteiger partial charge in [-0.05, 0) is 44.2 Å². The van der Waals surface area contributed by atoms with Crippen molar-refractivity contribution in [2.75, 3.05) is 13.1 Å². The van der Waals surface area contributed by atoms with Crippen LogP contribution in [0, 0.1) is 11.8 Å². The Morgan fingerprint density at radius 2 is 1.45 bits per heavy atom. The Labute approximate surface area is 69.6 Å². The van der Waals surface area contributed by atoms with Crippen molar-refractivity contribution >= 4 is 0 Å². The van der Waals surface area contributed by atoms with Crippen LogP contribution >= 0.6 is 0 Å². The minimum Gasteiger partial charge on any atom is -0.317 e. The lowest BCUT2D eigenvalue weighted by Crippen LogP contribution is -2.28. The van der Waals surface area contributed by atoms with Crippen LogP contribution in [0.1, 0.15) is 38.5 Å². The van der Waals surface area contributed by atoms with E-state index >= 15 is 0 Å². The van der Waals surface area contributed by atoms with Gasteiger partial charge in [0.15, 0.2) is 0 Å². The second kappa shape index (κ2) is 3.57. The molecule has 2 unspecified atom stereocenters. The lowest BCUT2D eigenvalue weighted by Gasteiger charge is -2.31. The average Bonchev–Trinajstić information content (AvgIpc) is 2.02. The molecule has 2 bridgehead atoms. The zero-order valence-corrected chi connectivity index (χ0v) is 7.31. The lowest BCUT2D eigenvalue weighted by molar-refractivity contribution is 0.225. The molecular weight excluding hydrogens is 134 g/mol. The van der Waals surface area contributed by atoms with Crippen molar-refractivity contribution in [1.82, 2.24) is 5.32 Å². The number of hydrogen-bond donors (Lipinski definition) is 1. The molecule has 1 saturated heterocycles. The van der Waals surface area contributed by atoms with Crippen molar-refractivity contribution in [3.63, 3.8) is 0 Å². The fourth-order valence-corrected chi connectivity index (χ4v) is 2.66. The smallest absolute Gasteiger partial charge is 0.00463 e. The molecule has 0 spiro atoms. The van der Waals surface area contributed by atoms with Crippen LogP contribution in [0.2, 0.25) is 0 Å². The van der Waals surface area contributed by atoms with E-state index in [-0.39, 0.29) is 0 Å². The third-order valence-corrected chi connectivity index (χ3v) is 3.35. The molecule has 1 heterocycles. The zero-order chi connectivity index (χ0) is 7.52. The number of nitrogens with one attached hydrogen (secondary N) is 1. The molecule has 64 valence electrons. The van der Waals surface area contributed by atoms with Gasteiger partial charge in [-0.1, -0.05) is 19.3 Å². The van der Waals surface area contributed by atoms with Crippen molar-refractivity contribution in [2.45, 2.75) is 38.5 Å². The van der Waals surface area contributed by atoms with Crippen LogP contribution in [-0.4, -0.2) is 13.1 Å². The summed E-state index contributed by atoms with van der Waals surface area (Å²) in [6.45, 7) is 2.55. The monoisotopic (exact) mass is 153 g/mol. The van der Waals surface area contributed by atoms with Gasteiger partial charge >= 0.3 is 0 Å². The van der Waals surface area contributed by atoms with E-state index in [4.69, 9.17) is 0 Å². The summed E-state index contributed by atoms with van der Waals surface area (Å²) in [7, 11) is 0. The van der Waals surface area contributed by atoms with E-state index in [1.54, 1.807) is 6.42 Å². The molecule has 0 radical (unpaired) electrons. The SMILES string of the molecule is C1CC2CCNCCC(C1)C2. The van der Waals surface area contributed by atoms with Gasteiger partial charge in [0.1, 0.15) is 0 Å². The van der Waals surface area contributed by atoms with E-state index in [0.717, 1.165) is 11.8 Å². The van der Waals surface area contributed by atoms with Crippen LogP contribution in [0.15, 0.2) is 0 Å².